The van der Waals surface area contributed by atoms with Gasteiger partial charge in [0.1, 0.15) is 0 Å². The molecule has 0 radical (unpaired) electrons. The number of ether oxygens (including phenoxy) is 1. The van der Waals surface area contributed by atoms with E-state index in [1.807, 2.05) is 0 Å². The van der Waals surface area contributed by atoms with Crippen molar-refractivity contribution in [3.05, 3.63) is 0 Å². The molecule has 0 atom stereocenters. The van der Waals surface area contributed by atoms with Crippen LogP contribution >= 0.6 is 0 Å². The molecule has 0 aromatic rings. The second-order valence-electron chi connectivity index (χ2n) is 6.92. The molecule has 1 N–H and O–H groups in total. The highest BCUT2D eigenvalue weighted by molar-refractivity contribution is 4.96. The fourth-order valence-electron chi connectivity index (χ4n) is 3.72. The summed E-state index contributed by atoms with van der Waals surface area (Å²) >= 11 is 0. The van der Waals surface area contributed by atoms with E-state index in [9.17, 15) is 0 Å². The third-order valence-electron chi connectivity index (χ3n) is 5.08. The summed E-state index contributed by atoms with van der Waals surface area (Å²) in [5.41, 5.74) is 0.464. The molecule has 3 nitrogen and oxygen atoms in total. The van der Waals surface area contributed by atoms with Crippen molar-refractivity contribution in [2.75, 3.05) is 39.4 Å². The number of hydrogen-bond donors (Lipinski definition) is 1. The molecule has 3 aliphatic rings. The minimum atomic E-state index is 0.464. The van der Waals surface area contributed by atoms with E-state index in [1.54, 1.807) is 0 Å². The Kier molecular flexibility index (Phi) is 4.78. The number of nitrogens with zero attached hydrogens (tertiary/aromatic N) is 1. The van der Waals surface area contributed by atoms with Crippen LogP contribution < -0.4 is 5.32 Å². The molecule has 1 aliphatic heterocycles. The molecule has 3 heteroatoms. The van der Waals surface area contributed by atoms with Gasteiger partial charge in [-0.25, -0.2) is 0 Å². The molecule has 2 aliphatic carbocycles. The first-order valence-electron chi connectivity index (χ1n) is 8.41. The zero-order chi connectivity index (χ0) is 13.0. The molecule has 0 unspecified atom stereocenters. The summed E-state index contributed by atoms with van der Waals surface area (Å²) in [5.74, 6) is 0.907. The van der Waals surface area contributed by atoms with E-state index >= 15 is 0 Å². The van der Waals surface area contributed by atoms with Gasteiger partial charge in [-0.1, -0.05) is 19.3 Å². The van der Waals surface area contributed by atoms with Crippen LogP contribution in [0.3, 0.4) is 0 Å². The Hall–Kier alpha value is -0.120. The van der Waals surface area contributed by atoms with Crippen LogP contribution in [0.1, 0.15) is 51.4 Å². The van der Waals surface area contributed by atoms with Gasteiger partial charge in [0, 0.05) is 44.9 Å². The van der Waals surface area contributed by atoms with Crippen LogP contribution in [0, 0.1) is 5.92 Å². The summed E-state index contributed by atoms with van der Waals surface area (Å²) in [6.07, 6.45) is 11.1. The van der Waals surface area contributed by atoms with Gasteiger partial charge in [-0.15, -0.1) is 0 Å². The molecule has 1 heterocycles. The molecule has 0 aromatic carbocycles. The van der Waals surface area contributed by atoms with Gasteiger partial charge >= 0.3 is 0 Å². The van der Waals surface area contributed by atoms with Crippen molar-refractivity contribution in [3.8, 4) is 0 Å². The Morgan fingerprint density at radius 3 is 2.79 bits per heavy atom. The topological polar surface area (TPSA) is 24.5 Å². The number of nitrogens with one attached hydrogen (secondary N) is 1. The minimum Gasteiger partial charge on any atom is -0.381 e. The monoisotopic (exact) mass is 266 g/mol. The van der Waals surface area contributed by atoms with E-state index in [0.717, 1.165) is 19.1 Å². The molecule has 3 rings (SSSR count). The van der Waals surface area contributed by atoms with Crippen LogP contribution in [0.2, 0.25) is 0 Å². The third kappa shape index (κ3) is 4.17. The molecule has 110 valence electrons. The average molecular weight is 266 g/mol. The molecule has 3 fully saturated rings. The number of rotatable bonds is 6. The zero-order valence-electron chi connectivity index (χ0n) is 12.3. The highest BCUT2D eigenvalue weighted by Gasteiger charge is 2.35. The predicted octanol–water partition coefficient (Wildman–Crippen LogP) is 2.41. The molecule has 19 heavy (non-hydrogen) atoms. The van der Waals surface area contributed by atoms with Crippen molar-refractivity contribution in [2.45, 2.75) is 56.9 Å². The summed E-state index contributed by atoms with van der Waals surface area (Å²) in [6.45, 7) is 6.90. The first-order valence-corrected chi connectivity index (χ1v) is 8.41. The Morgan fingerprint density at radius 2 is 2.00 bits per heavy atom. The lowest BCUT2D eigenvalue weighted by Gasteiger charge is -2.46. The average Bonchev–Trinajstić information content (AvgIpc) is 3.24. The predicted molar refractivity (Wildman–Crippen MR) is 78.4 cm³/mol. The van der Waals surface area contributed by atoms with Crippen LogP contribution in [-0.2, 0) is 4.74 Å². The molecular formula is C16H30N2O. The van der Waals surface area contributed by atoms with E-state index < -0.39 is 0 Å². The van der Waals surface area contributed by atoms with Crippen molar-refractivity contribution >= 4 is 0 Å². The van der Waals surface area contributed by atoms with Crippen molar-refractivity contribution in [2.24, 2.45) is 5.92 Å². The summed E-state index contributed by atoms with van der Waals surface area (Å²) in [4.78, 5) is 2.67. The summed E-state index contributed by atoms with van der Waals surface area (Å²) < 4.78 is 5.74. The standard InChI is InChI=1S/C16H30N2O/c1-2-7-16(8-3-1)14-18(11-9-17-16)10-4-12-19-13-15-5-6-15/h15,17H,1-14H2. The van der Waals surface area contributed by atoms with E-state index in [1.165, 1.54) is 77.5 Å². The molecule has 2 saturated carbocycles. The van der Waals surface area contributed by atoms with Crippen molar-refractivity contribution in [1.29, 1.82) is 0 Å². The third-order valence-corrected chi connectivity index (χ3v) is 5.08. The molecule has 1 spiro atoms. The second-order valence-corrected chi connectivity index (χ2v) is 6.92. The Bertz CT molecular complexity index is 266. The Labute approximate surface area is 118 Å². The maximum absolute atomic E-state index is 5.74. The van der Waals surface area contributed by atoms with E-state index in [2.05, 4.69) is 10.2 Å². The quantitative estimate of drug-likeness (QED) is 0.747. The SMILES string of the molecule is C1CCC2(CC1)CN(CCCOCC1CC1)CCN2. The van der Waals surface area contributed by atoms with Gasteiger partial charge in [0.05, 0.1) is 0 Å². The maximum Gasteiger partial charge on any atom is 0.0494 e. The minimum absolute atomic E-state index is 0.464. The second kappa shape index (κ2) is 6.55. The molecule has 0 bridgehead atoms. The van der Waals surface area contributed by atoms with Gasteiger partial charge in [-0.05, 0) is 38.0 Å². The normalized spacial score (nSPS) is 27.8. The highest BCUT2D eigenvalue weighted by atomic mass is 16.5. The van der Waals surface area contributed by atoms with Crippen LogP contribution in [0.5, 0.6) is 0 Å². The van der Waals surface area contributed by atoms with Gasteiger partial charge in [-0.3, -0.25) is 0 Å². The first-order chi connectivity index (χ1) is 9.36. The summed E-state index contributed by atoms with van der Waals surface area (Å²) in [6, 6.07) is 0. The molecule has 1 saturated heterocycles. The van der Waals surface area contributed by atoms with Gasteiger partial charge in [0.15, 0.2) is 0 Å². The molecule has 0 aromatic heterocycles. The molecular weight excluding hydrogens is 236 g/mol. The Balaban J connectivity index is 1.33. The number of piperazine rings is 1. The molecule has 0 amide bonds. The van der Waals surface area contributed by atoms with Crippen LogP contribution in [0.25, 0.3) is 0 Å². The maximum atomic E-state index is 5.74. The first kappa shape index (κ1) is 13.8. The summed E-state index contributed by atoms with van der Waals surface area (Å²) in [5, 5.41) is 3.82. The van der Waals surface area contributed by atoms with Crippen LogP contribution in [0.15, 0.2) is 0 Å². The highest BCUT2D eigenvalue weighted by Crippen LogP contribution is 2.30. The lowest BCUT2D eigenvalue weighted by atomic mass is 9.80. The van der Waals surface area contributed by atoms with Crippen molar-refractivity contribution in [3.63, 3.8) is 0 Å². The fourth-order valence-corrected chi connectivity index (χ4v) is 3.72. The Morgan fingerprint density at radius 1 is 1.16 bits per heavy atom. The summed E-state index contributed by atoms with van der Waals surface area (Å²) in [7, 11) is 0. The van der Waals surface area contributed by atoms with Crippen molar-refractivity contribution in [1.82, 2.24) is 10.2 Å². The lowest BCUT2D eigenvalue weighted by molar-refractivity contribution is 0.0783. The van der Waals surface area contributed by atoms with E-state index in [4.69, 9.17) is 4.74 Å². The van der Waals surface area contributed by atoms with Gasteiger partial charge in [0.25, 0.3) is 0 Å². The van der Waals surface area contributed by atoms with Crippen molar-refractivity contribution < 1.29 is 4.74 Å². The zero-order valence-corrected chi connectivity index (χ0v) is 12.3. The largest absolute Gasteiger partial charge is 0.381 e. The van der Waals surface area contributed by atoms with E-state index in [0.29, 0.717) is 5.54 Å². The lowest BCUT2D eigenvalue weighted by Crippen LogP contribution is -2.61. The smallest absolute Gasteiger partial charge is 0.0494 e. The number of hydrogen-bond acceptors (Lipinski definition) is 3. The van der Waals surface area contributed by atoms with Gasteiger partial charge < -0.3 is 15.0 Å². The van der Waals surface area contributed by atoms with Crippen LogP contribution in [0.4, 0.5) is 0 Å². The van der Waals surface area contributed by atoms with Gasteiger partial charge in [0.2, 0.25) is 0 Å². The van der Waals surface area contributed by atoms with E-state index in [-0.39, 0.29) is 0 Å². The van der Waals surface area contributed by atoms with Gasteiger partial charge in [-0.2, -0.15) is 0 Å². The fraction of sp³-hybridized carbons (Fsp3) is 1.00. The van der Waals surface area contributed by atoms with Crippen LogP contribution in [-0.4, -0.2) is 49.8 Å².